The molecule has 0 aromatic heterocycles. The minimum Gasteiger partial charge on any atom is -0.276 e. The number of hydrogen-bond donors (Lipinski definition) is 0. The Balaban J connectivity index is 3.14. The average Bonchev–Trinajstić information content (AvgIpc) is 2.13. The number of carbonyl (C=O) groups is 2. The van der Waals surface area contributed by atoms with Gasteiger partial charge in [-0.05, 0) is 6.58 Å². The lowest BCUT2D eigenvalue weighted by Gasteiger charge is -2.36. The minimum absolute atomic E-state index is 0.258. The summed E-state index contributed by atoms with van der Waals surface area (Å²) in [5, 5.41) is 0. The molecule has 1 rings (SSSR count). The molecule has 0 spiro atoms. The van der Waals surface area contributed by atoms with E-state index in [9.17, 15) is 9.59 Å². The van der Waals surface area contributed by atoms with Crippen molar-refractivity contribution in [1.29, 1.82) is 0 Å². The third-order valence-electron chi connectivity index (χ3n) is 1.91. The summed E-state index contributed by atoms with van der Waals surface area (Å²) in [6.45, 7) is 5.16. The standard InChI is InChI=1S/C8H10N3O2/c1-5-6-9(2)7(12)11(4)8(13)10(6)3/h1H,2-4H3. The van der Waals surface area contributed by atoms with E-state index in [0.717, 1.165) is 4.90 Å². The lowest BCUT2D eigenvalue weighted by atomic mass is 10.4. The lowest BCUT2D eigenvalue weighted by Crippen LogP contribution is -2.55. The van der Waals surface area contributed by atoms with Gasteiger partial charge in [0.2, 0.25) is 0 Å². The summed E-state index contributed by atoms with van der Waals surface area (Å²) in [6, 6.07) is -0.841. The van der Waals surface area contributed by atoms with E-state index in [2.05, 4.69) is 5.73 Å². The third-order valence-corrected chi connectivity index (χ3v) is 1.91. The highest BCUT2D eigenvalue weighted by molar-refractivity contribution is 5.97. The Morgan fingerprint density at radius 2 is 1.38 bits per heavy atom. The van der Waals surface area contributed by atoms with Crippen molar-refractivity contribution in [2.75, 3.05) is 21.1 Å². The minimum atomic E-state index is -0.420. The van der Waals surface area contributed by atoms with E-state index in [1.54, 1.807) is 0 Å². The summed E-state index contributed by atoms with van der Waals surface area (Å²) in [5.41, 5.74) is 2.28. The number of nitrogens with zero attached hydrogens (tertiary/aromatic N) is 3. The Hall–Kier alpha value is -1.74. The topological polar surface area (TPSA) is 43.9 Å². The van der Waals surface area contributed by atoms with Gasteiger partial charge >= 0.3 is 12.1 Å². The van der Waals surface area contributed by atoms with Gasteiger partial charge in [-0.25, -0.2) is 14.5 Å². The summed E-state index contributed by atoms with van der Waals surface area (Å²) in [7, 11) is 4.46. The summed E-state index contributed by atoms with van der Waals surface area (Å²) < 4.78 is 0. The summed E-state index contributed by atoms with van der Waals surface area (Å²) in [4.78, 5) is 26.2. The second kappa shape index (κ2) is 2.95. The van der Waals surface area contributed by atoms with Crippen LogP contribution in [0.1, 0.15) is 0 Å². The Kier molecular flexibility index (Phi) is 2.12. The SMILES string of the molecule is [CH]=C=C1N(C)C(=O)N(C)C(=O)N1C. The second-order valence-electron chi connectivity index (χ2n) is 2.71. The Morgan fingerprint density at radius 3 is 1.69 bits per heavy atom. The van der Waals surface area contributed by atoms with Crippen LogP contribution in [0.15, 0.2) is 11.6 Å². The van der Waals surface area contributed by atoms with Crippen LogP contribution in [0, 0.1) is 6.58 Å². The highest BCUT2D eigenvalue weighted by atomic mass is 16.2. The fourth-order valence-electron chi connectivity index (χ4n) is 1.13. The first kappa shape index (κ1) is 9.35. The Morgan fingerprint density at radius 1 is 1.00 bits per heavy atom. The monoisotopic (exact) mass is 180 g/mol. The van der Waals surface area contributed by atoms with Gasteiger partial charge in [0.05, 0.1) is 0 Å². The van der Waals surface area contributed by atoms with E-state index in [0.29, 0.717) is 0 Å². The van der Waals surface area contributed by atoms with Crippen LogP contribution in [-0.4, -0.2) is 47.9 Å². The molecule has 0 atom stereocenters. The molecule has 0 aromatic carbocycles. The van der Waals surface area contributed by atoms with Crippen LogP contribution in [0.2, 0.25) is 0 Å². The molecular formula is C8H10N3O2. The molecule has 1 aliphatic rings. The number of rotatable bonds is 0. The summed E-state index contributed by atoms with van der Waals surface area (Å²) in [5.74, 6) is 0.258. The van der Waals surface area contributed by atoms with Crippen LogP contribution >= 0.6 is 0 Å². The number of carbonyl (C=O) groups excluding carboxylic acids is 2. The molecular weight excluding hydrogens is 170 g/mol. The molecule has 13 heavy (non-hydrogen) atoms. The molecule has 0 bridgehead atoms. The number of urea groups is 2. The van der Waals surface area contributed by atoms with Gasteiger partial charge in [0, 0.05) is 21.1 Å². The first-order valence-electron chi connectivity index (χ1n) is 3.63. The smallest absolute Gasteiger partial charge is 0.276 e. The fraction of sp³-hybridized carbons (Fsp3) is 0.375. The average molecular weight is 180 g/mol. The van der Waals surface area contributed by atoms with Gasteiger partial charge in [-0.2, -0.15) is 0 Å². The van der Waals surface area contributed by atoms with Crippen molar-refractivity contribution in [3.05, 3.63) is 18.1 Å². The van der Waals surface area contributed by atoms with Crippen LogP contribution in [0.25, 0.3) is 0 Å². The Bertz CT molecular complexity index is 293. The highest BCUT2D eigenvalue weighted by Crippen LogP contribution is 2.16. The molecule has 5 nitrogen and oxygen atoms in total. The maximum absolute atomic E-state index is 11.3. The van der Waals surface area contributed by atoms with Gasteiger partial charge in [-0.1, -0.05) is 5.73 Å². The maximum Gasteiger partial charge on any atom is 0.333 e. The highest BCUT2D eigenvalue weighted by Gasteiger charge is 2.34. The van der Waals surface area contributed by atoms with E-state index in [4.69, 9.17) is 6.58 Å². The normalized spacial score (nSPS) is 18.1. The third kappa shape index (κ3) is 1.19. The van der Waals surface area contributed by atoms with Crippen LogP contribution < -0.4 is 0 Å². The molecule has 1 saturated heterocycles. The predicted molar refractivity (Wildman–Crippen MR) is 45.4 cm³/mol. The van der Waals surface area contributed by atoms with Crippen molar-refractivity contribution < 1.29 is 9.59 Å². The molecule has 1 radical (unpaired) electrons. The van der Waals surface area contributed by atoms with Gasteiger partial charge in [-0.15, -0.1) is 0 Å². The molecule has 0 saturated carbocycles. The molecule has 0 unspecified atom stereocenters. The van der Waals surface area contributed by atoms with Crippen LogP contribution in [0.4, 0.5) is 9.59 Å². The van der Waals surface area contributed by atoms with Gasteiger partial charge in [-0.3, -0.25) is 9.80 Å². The number of hydrogen-bond acceptors (Lipinski definition) is 2. The van der Waals surface area contributed by atoms with Crippen LogP contribution in [-0.2, 0) is 0 Å². The van der Waals surface area contributed by atoms with E-state index >= 15 is 0 Å². The molecule has 4 amide bonds. The molecule has 1 heterocycles. The van der Waals surface area contributed by atoms with E-state index in [1.807, 2.05) is 0 Å². The quantitative estimate of drug-likeness (QED) is 0.508. The van der Waals surface area contributed by atoms with Crippen molar-refractivity contribution in [1.82, 2.24) is 14.7 Å². The zero-order chi connectivity index (χ0) is 10.2. The first-order chi connectivity index (χ1) is 6.00. The Labute approximate surface area is 76.5 Å². The number of imide groups is 1. The molecule has 69 valence electrons. The van der Waals surface area contributed by atoms with E-state index in [1.165, 1.54) is 30.9 Å². The van der Waals surface area contributed by atoms with E-state index < -0.39 is 12.1 Å². The molecule has 0 N–H and O–H groups in total. The van der Waals surface area contributed by atoms with Gasteiger partial charge in [0.1, 0.15) is 0 Å². The summed E-state index contributed by atoms with van der Waals surface area (Å²) in [6.07, 6.45) is 0. The predicted octanol–water partition coefficient (Wildman–Crippen LogP) is 0.465. The van der Waals surface area contributed by atoms with Crippen molar-refractivity contribution >= 4 is 12.1 Å². The van der Waals surface area contributed by atoms with Crippen molar-refractivity contribution in [2.45, 2.75) is 0 Å². The van der Waals surface area contributed by atoms with Gasteiger partial charge in [0.25, 0.3) is 0 Å². The van der Waals surface area contributed by atoms with Gasteiger partial charge < -0.3 is 0 Å². The van der Waals surface area contributed by atoms with Gasteiger partial charge in [0.15, 0.2) is 5.82 Å². The first-order valence-corrected chi connectivity index (χ1v) is 3.63. The molecule has 1 aliphatic heterocycles. The molecule has 1 fully saturated rings. The largest absolute Gasteiger partial charge is 0.333 e. The molecule has 0 aliphatic carbocycles. The summed E-state index contributed by atoms with van der Waals surface area (Å²) >= 11 is 0. The van der Waals surface area contributed by atoms with Crippen molar-refractivity contribution in [3.8, 4) is 0 Å². The zero-order valence-electron chi connectivity index (χ0n) is 7.74. The molecule has 0 aromatic rings. The second-order valence-corrected chi connectivity index (χ2v) is 2.71. The molecule has 5 heteroatoms. The maximum atomic E-state index is 11.3. The lowest BCUT2D eigenvalue weighted by molar-refractivity contribution is 0.134. The van der Waals surface area contributed by atoms with E-state index in [-0.39, 0.29) is 5.82 Å². The fourth-order valence-corrected chi connectivity index (χ4v) is 1.13. The van der Waals surface area contributed by atoms with Crippen molar-refractivity contribution in [2.24, 2.45) is 0 Å². The van der Waals surface area contributed by atoms with Crippen LogP contribution in [0.3, 0.4) is 0 Å². The van der Waals surface area contributed by atoms with Crippen molar-refractivity contribution in [3.63, 3.8) is 0 Å². The number of amides is 4. The van der Waals surface area contributed by atoms with Crippen LogP contribution in [0.5, 0.6) is 0 Å². The zero-order valence-corrected chi connectivity index (χ0v) is 7.74.